The summed E-state index contributed by atoms with van der Waals surface area (Å²) in [5, 5.41) is 4.59. The molecule has 0 aliphatic rings. The van der Waals surface area contributed by atoms with Crippen molar-refractivity contribution in [2.45, 2.75) is 33.1 Å². The lowest BCUT2D eigenvalue weighted by Crippen LogP contribution is -2.31. The first-order valence-corrected chi connectivity index (χ1v) is 7.47. The highest BCUT2D eigenvalue weighted by Gasteiger charge is 2.24. The average molecular weight is 262 g/mol. The summed E-state index contributed by atoms with van der Waals surface area (Å²) in [6.07, 6.45) is 3.54. The molecular formula is C15H22N2S. The molecule has 2 aromatic rings. The molecule has 0 aliphatic carbocycles. The van der Waals surface area contributed by atoms with E-state index in [0.717, 1.165) is 18.5 Å². The second kappa shape index (κ2) is 5.81. The van der Waals surface area contributed by atoms with Crippen LogP contribution in [0.1, 0.15) is 31.7 Å². The predicted molar refractivity (Wildman–Crippen MR) is 80.3 cm³/mol. The van der Waals surface area contributed by atoms with Gasteiger partial charge in [-0.05, 0) is 31.0 Å². The zero-order valence-corrected chi connectivity index (χ0v) is 12.3. The van der Waals surface area contributed by atoms with Crippen molar-refractivity contribution in [2.24, 2.45) is 5.41 Å². The van der Waals surface area contributed by atoms with Crippen LogP contribution in [-0.2, 0) is 6.42 Å². The van der Waals surface area contributed by atoms with Crippen molar-refractivity contribution in [3.63, 3.8) is 0 Å². The Morgan fingerprint density at radius 3 is 2.78 bits per heavy atom. The average Bonchev–Trinajstić information content (AvgIpc) is 2.70. The van der Waals surface area contributed by atoms with Gasteiger partial charge in [0.2, 0.25) is 0 Å². The van der Waals surface area contributed by atoms with Crippen molar-refractivity contribution in [1.82, 2.24) is 10.3 Å². The molecule has 0 fully saturated rings. The summed E-state index contributed by atoms with van der Waals surface area (Å²) >= 11 is 1.84. The number of fused-ring (bicyclic) bond motifs is 1. The largest absolute Gasteiger partial charge is 0.319 e. The smallest absolute Gasteiger partial charge is 0.0944 e. The van der Waals surface area contributed by atoms with Gasteiger partial charge in [-0.15, -0.1) is 11.3 Å². The van der Waals surface area contributed by atoms with E-state index in [0.29, 0.717) is 5.41 Å². The van der Waals surface area contributed by atoms with Crippen molar-refractivity contribution in [2.75, 3.05) is 13.6 Å². The third kappa shape index (κ3) is 3.09. The van der Waals surface area contributed by atoms with E-state index >= 15 is 0 Å². The molecule has 2 nitrogen and oxygen atoms in total. The summed E-state index contributed by atoms with van der Waals surface area (Å²) in [6, 6.07) is 8.41. The first-order chi connectivity index (χ1) is 8.67. The summed E-state index contributed by atoms with van der Waals surface area (Å²) in [6.45, 7) is 5.67. The van der Waals surface area contributed by atoms with Crippen LogP contribution >= 0.6 is 11.3 Å². The minimum Gasteiger partial charge on any atom is -0.319 e. The van der Waals surface area contributed by atoms with Crippen LogP contribution in [0.2, 0.25) is 0 Å². The number of thiazole rings is 1. The summed E-state index contributed by atoms with van der Waals surface area (Å²) in [5.74, 6) is 0. The van der Waals surface area contributed by atoms with Gasteiger partial charge in [-0.1, -0.05) is 32.4 Å². The van der Waals surface area contributed by atoms with Crippen LogP contribution in [0.25, 0.3) is 10.2 Å². The minimum atomic E-state index is 0.317. The number of benzene rings is 1. The van der Waals surface area contributed by atoms with E-state index in [1.54, 1.807) is 0 Å². The lowest BCUT2D eigenvalue weighted by molar-refractivity contribution is 0.282. The van der Waals surface area contributed by atoms with Gasteiger partial charge in [0, 0.05) is 13.0 Å². The topological polar surface area (TPSA) is 24.9 Å². The number of hydrogen-bond acceptors (Lipinski definition) is 3. The molecule has 1 N–H and O–H groups in total. The van der Waals surface area contributed by atoms with Crippen LogP contribution in [0.15, 0.2) is 24.3 Å². The van der Waals surface area contributed by atoms with Crippen LogP contribution in [-0.4, -0.2) is 18.6 Å². The SMILES string of the molecule is CCCC(C)(CNC)Cc1nc2ccccc2s1. The predicted octanol–water partition coefficient (Wildman–Crippen LogP) is 3.86. The van der Waals surface area contributed by atoms with Gasteiger partial charge in [-0.25, -0.2) is 4.98 Å². The molecule has 0 amide bonds. The molecule has 98 valence electrons. The normalized spacial score (nSPS) is 14.8. The molecule has 0 saturated heterocycles. The van der Waals surface area contributed by atoms with Crippen molar-refractivity contribution >= 4 is 21.6 Å². The molecule has 1 aromatic carbocycles. The second-order valence-corrected chi connectivity index (χ2v) is 6.46. The Labute approximate surface area is 113 Å². The summed E-state index contributed by atoms with van der Waals surface area (Å²) < 4.78 is 1.30. The maximum Gasteiger partial charge on any atom is 0.0944 e. The number of para-hydroxylation sites is 1. The van der Waals surface area contributed by atoms with Gasteiger partial charge in [-0.2, -0.15) is 0 Å². The third-order valence-corrected chi connectivity index (χ3v) is 4.41. The van der Waals surface area contributed by atoms with E-state index in [-0.39, 0.29) is 0 Å². The Hall–Kier alpha value is -0.930. The van der Waals surface area contributed by atoms with Crippen LogP contribution in [0.3, 0.4) is 0 Å². The van der Waals surface area contributed by atoms with E-state index in [1.807, 2.05) is 18.4 Å². The van der Waals surface area contributed by atoms with Gasteiger partial charge in [0.05, 0.1) is 15.2 Å². The van der Waals surface area contributed by atoms with E-state index in [4.69, 9.17) is 4.98 Å². The fourth-order valence-corrected chi connectivity index (χ4v) is 3.81. The monoisotopic (exact) mass is 262 g/mol. The first kappa shape index (κ1) is 13.5. The van der Waals surface area contributed by atoms with Crippen molar-refractivity contribution in [1.29, 1.82) is 0 Å². The highest BCUT2D eigenvalue weighted by atomic mass is 32.1. The molecule has 0 bridgehead atoms. The van der Waals surface area contributed by atoms with Crippen LogP contribution in [0.4, 0.5) is 0 Å². The number of nitrogens with zero attached hydrogens (tertiary/aromatic N) is 1. The van der Waals surface area contributed by atoms with Crippen molar-refractivity contribution < 1.29 is 0 Å². The fourth-order valence-electron chi connectivity index (χ4n) is 2.63. The fraction of sp³-hybridized carbons (Fsp3) is 0.533. The quantitative estimate of drug-likeness (QED) is 0.855. The number of nitrogens with one attached hydrogen (secondary N) is 1. The number of aromatic nitrogens is 1. The minimum absolute atomic E-state index is 0.317. The van der Waals surface area contributed by atoms with Gasteiger partial charge in [0.15, 0.2) is 0 Å². The Morgan fingerprint density at radius 1 is 1.33 bits per heavy atom. The van der Waals surface area contributed by atoms with Gasteiger partial charge in [0.25, 0.3) is 0 Å². The Bertz CT molecular complexity index is 465. The van der Waals surface area contributed by atoms with E-state index < -0.39 is 0 Å². The molecule has 1 atom stereocenters. The Balaban J connectivity index is 2.20. The van der Waals surface area contributed by atoms with Gasteiger partial charge < -0.3 is 5.32 Å². The molecule has 2 rings (SSSR count). The van der Waals surface area contributed by atoms with Crippen molar-refractivity contribution in [3.05, 3.63) is 29.3 Å². The second-order valence-electron chi connectivity index (χ2n) is 5.34. The zero-order chi connectivity index (χ0) is 13.0. The van der Waals surface area contributed by atoms with Gasteiger partial charge in [-0.3, -0.25) is 0 Å². The highest BCUT2D eigenvalue weighted by Crippen LogP contribution is 2.31. The first-order valence-electron chi connectivity index (χ1n) is 6.66. The molecule has 0 spiro atoms. The number of rotatable bonds is 6. The standard InChI is InChI=1S/C15H22N2S/c1-4-9-15(2,11-16-3)10-14-17-12-7-5-6-8-13(12)18-14/h5-8,16H,4,9-11H2,1-3H3. The maximum atomic E-state index is 4.75. The Kier molecular flexibility index (Phi) is 4.36. The highest BCUT2D eigenvalue weighted by molar-refractivity contribution is 7.18. The van der Waals surface area contributed by atoms with E-state index in [2.05, 4.69) is 43.4 Å². The van der Waals surface area contributed by atoms with Crippen LogP contribution in [0.5, 0.6) is 0 Å². The lowest BCUT2D eigenvalue weighted by Gasteiger charge is -2.28. The molecular weight excluding hydrogens is 240 g/mol. The Morgan fingerprint density at radius 2 is 2.11 bits per heavy atom. The van der Waals surface area contributed by atoms with Crippen LogP contribution < -0.4 is 5.32 Å². The van der Waals surface area contributed by atoms with Gasteiger partial charge in [0.1, 0.15) is 0 Å². The molecule has 18 heavy (non-hydrogen) atoms. The molecule has 0 saturated carbocycles. The summed E-state index contributed by atoms with van der Waals surface area (Å²) in [4.78, 5) is 4.75. The third-order valence-electron chi connectivity index (χ3n) is 3.37. The molecule has 1 aromatic heterocycles. The summed E-state index contributed by atoms with van der Waals surface area (Å²) in [7, 11) is 2.03. The summed E-state index contributed by atoms with van der Waals surface area (Å²) in [5.41, 5.74) is 1.46. The lowest BCUT2D eigenvalue weighted by atomic mass is 9.82. The van der Waals surface area contributed by atoms with Gasteiger partial charge >= 0.3 is 0 Å². The zero-order valence-electron chi connectivity index (χ0n) is 11.5. The van der Waals surface area contributed by atoms with Crippen LogP contribution in [0, 0.1) is 5.41 Å². The molecule has 1 unspecified atom stereocenters. The molecule has 3 heteroatoms. The van der Waals surface area contributed by atoms with E-state index in [9.17, 15) is 0 Å². The van der Waals surface area contributed by atoms with Crippen molar-refractivity contribution in [3.8, 4) is 0 Å². The molecule has 0 radical (unpaired) electrons. The molecule has 1 heterocycles. The van der Waals surface area contributed by atoms with E-state index in [1.165, 1.54) is 22.5 Å². The maximum absolute atomic E-state index is 4.75. The molecule has 0 aliphatic heterocycles. The number of hydrogen-bond donors (Lipinski definition) is 1.